The van der Waals surface area contributed by atoms with Gasteiger partial charge in [-0.2, -0.15) is 0 Å². The van der Waals surface area contributed by atoms with E-state index in [1.165, 1.54) is 25.7 Å². The molecule has 0 atom stereocenters. The molecule has 0 bridgehead atoms. The van der Waals surface area contributed by atoms with Crippen LogP contribution >= 0.6 is 0 Å². The van der Waals surface area contributed by atoms with Gasteiger partial charge >= 0.3 is 0 Å². The van der Waals surface area contributed by atoms with Crippen LogP contribution in [0.4, 0.5) is 5.69 Å². The first-order chi connectivity index (χ1) is 8.77. The number of hydrogen-bond acceptors (Lipinski definition) is 2. The van der Waals surface area contributed by atoms with E-state index in [0.29, 0.717) is 5.56 Å². The first-order valence-corrected chi connectivity index (χ1v) is 6.63. The van der Waals surface area contributed by atoms with Crippen molar-refractivity contribution in [2.45, 2.75) is 39.0 Å². The van der Waals surface area contributed by atoms with Crippen LogP contribution in [0.2, 0.25) is 0 Å². The molecule has 0 aliphatic rings. The molecule has 1 rings (SSSR count). The summed E-state index contributed by atoms with van der Waals surface area (Å²) in [7, 11) is 0. The Morgan fingerprint density at radius 2 is 1.83 bits per heavy atom. The zero-order chi connectivity index (χ0) is 13.2. The van der Waals surface area contributed by atoms with Crippen molar-refractivity contribution >= 4 is 18.3 Å². The molecule has 0 unspecified atom stereocenters. The Balaban J connectivity index is 2.25. The van der Waals surface area contributed by atoms with E-state index in [2.05, 4.69) is 24.0 Å². The molecule has 3 nitrogen and oxygen atoms in total. The molecule has 18 heavy (non-hydrogen) atoms. The number of rotatable bonds is 8. The Kier molecular flexibility index (Phi) is 6.77. The smallest absolute Gasteiger partial charge is 0.251 e. The molecule has 0 saturated carbocycles. The Bertz CT molecular complexity index is 371. The highest BCUT2D eigenvalue weighted by Gasteiger charge is 2.03. The Labute approximate surface area is 109 Å². The maximum absolute atomic E-state index is 11.8. The van der Waals surface area contributed by atoms with Crippen molar-refractivity contribution in [1.29, 1.82) is 0 Å². The van der Waals surface area contributed by atoms with Crippen molar-refractivity contribution in [2.24, 2.45) is 4.99 Å². The van der Waals surface area contributed by atoms with Crippen molar-refractivity contribution < 1.29 is 4.79 Å². The second kappa shape index (κ2) is 8.45. The van der Waals surface area contributed by atoms with Gasteiger partial charge in [0.2, 0.25) is 0 Å². The summed E-state index contributed by atoms with van der Waals surface area (Å²) in [5.41, 5.74) is 1.46. The van der Waals surface area contributed by atoms with Crippen molar-refractivity contribution in [3.05, 3.63) is 29.8 Å². The summed E-state index contributed by atoms with van der Waals surface area (Å²) in [5, 5.41) is 2.93. The van der Waals surface area contributed by atoms with Gasteiger partial charge in [0.25, 0.3) is 5.91 Å². The maximum Gasteiger partial charge on any atom is 0.251 e. The summed E-state index contributed by atoms with van der Waals surface area (Å²) in [6.45, 7) is 6.39. The normalized spacial score (nSPS) is 10.1. The van der Waals surface area contributed by atoms with Crippen LogP contribution in [0, 0.1) is 0 Å². The summed E-state index contributed by atoms with van der Waals surface area (Å²) in [5.74, 6) is -0.0129. The lowest BCUT2D eigenvalue weighted by Gasteiger charge is -2.05. The van der Waals surface area contributed by atoms with E-state index in [9.17, 15) is 4.79 Å². The lowest BCUT2D eigenvalue weighted by atomic mass is 10.1. The third kappa shape index (κ3) is 5.13. The van der Waals surface area contributed by atoms with Crippen LogP contribution < -0.4 is 5.32 Å². The van der Waals surface area contributed by atoms with Crippen LogP contribution in [0.5, 0.6) is 0 Å². The van der Waals surface area contributed by atoms with Crippen molar-refractivity contribution in [2.75, 3.05) is 6.54 Å². The van der Waals surface area contributed by atoms with Crippen molar-refractivity contribution in [1.82, 2.24) is 5.32 Å². The molecule has 0 aliphatic carbocycles. The minimum atomic E-state index is -0.0129. The third-order valence-corrected chi connectivity index (χ3v) is 2.88. The van der Waals surface area contributed by atoms with Crippen LogP contribution in [0.15, 0.2) is 29.3 Å². The Morgan fingerprint density at radius 3 is 2.44 bits per heavy atom. The Hall–Kier alpha value is -1.64. The first-order valence-electron chi connectivity index (χ1n) is 6.63. The number of nitrogens with one attached hydrogen (secondary N) is 1. The van der Waals surface area contributed by atoms with Crippen molar-refractivity contribution in [3.63, 3.8) is 0 Å². The number of benzene rings is 1. The summed E-state index contributed by atoms with van der Waals surface area (Å²) >= 11 is 0. The van der Waals surface area contributed by atoms with Gasteiger partial charge in [0.15, 0.2) is 0 Å². The summed E-state index contributed by atoms with van der Waals surface area (Å²) < 4.78 is 0. The van der Waals surface area contributed by atoms with E-state index in [1.807, 2.05) is 0 Å². The molecular formula is C15H22N2O. The predicted molar refractivity (Wildman–Crippen MR) is 76.7 cm³/mol. The maximum atomic E-state index is 11.8. The minimum absolute atomic E-state index is 0.0129. The average molecular weight is 246 g/mol. The lowest BCUT2D eigenvalue weighted by molar-refractivity contribution is 0.0953. The number of carbonyl (C=O) groups excluding carboxylic acids is 1. The van der Waals surface area contributed by atoms with Gasteiger partial charge in [-0.05, 0) is 37.4 Å². The largest absolute Gasteiger partial charge is 0.352 e. The fourth-order valence-corrected chi connectivity index (χ4v) is 1.75. The second-order valence-corrected chi connectivity index (χ2v) is 4.38. The topological polar surface area (TPSA) is 41.5 Å². The fraction of sp³-hybridized carbons (Fsp3) is 0.467. The third-order valence-electron chi connectivity index (χ3n) is 2.88. The van der Waals surface area contributed by atoms with Gasteiger partial charge < -0.3 is 5.32 Å². The monoisotopic (exact) mass is 246 g/mol. The van der Waals surface area contributed by atoms with Gasteiger partial charge in [0.05, 0.1) is 5.69 Å². The van der Waals surface area contributed by atoms with Gasteiger partial charge in [-0.25, -0.2) is 0 Å². The average Bonchev–Trinajstić information content (AvgIpc) is 2.42. The standard InChI is InChI=1S/C15H22N2O/c1-3-4-5-6-7-12-17-15(18)13-8-10-14(16-2)11-9-13/h8-11H,2-7,12H2,1H3,(H,17,18). The zero-order valence-electron chi connectivity index (χ0n) is 11.1. The molecule has 0 heterocycles. The van der Waals surface area contributed by atoms with Gasteiger partial charge in [-0.15, -0.1) is 0 Å². The molecule has 1 aromatic rings. The van der Waals surface area contributed by atoms with Crippen LogP contribution in [-0.2, 0) is 0 Å². The number of unbranched alkanes of at least 4 members (excludes halogenated alkanes) is 4. The molecule has 0 spiro atoms. The van der Waals surface area contributed by atoms with Gasteiger partial charge in [-0.3, -0.25) is 9.79 Å². The molecule has 3 heteroatoms. The lowest BCUT2D eigenvalue weighted by Crippen LogP contribution is -2.24. The number of aliphatic imine (C=N–C) groups is 1. The fourth-order valence-electron chi connectivity index (χ4n) is 1.75. The van der Waals surface area contributed by atoms with Gasteiger partial charge in [0, 0.05) is 12.1 Å². The number of nitrogens with zero attached hydrogens (tertiary/aromatic N) is 1. The molecule has 0 aromatic heterocycles. The van der Waals surface area contributed by atoms with E-state index in [1.54, 1.807) is 24.3 Å². The van der Waals surface area contributed by atoms with E-state index < -0.39 is 0 Å². The minimum Gasteiger partial charge on any atom is -0.352 e. The van der Waals surface area contributed by atoms with Crippen molar-refractivity contribution in [3.8, 4) is 0 Å². The first kappa shape index (κ1) is 14.4. The Morgan fingerprint density at radius 1 is 1.17 bits per heavy atom. The molecular weight excluding hydrogens is 224 g/mol. The van der Waals surface area contributed by atoms with Crippen LogP contribution in [0.3, 0.4) is 0 Å². The van der Waals surface area contributed by atoms with Crippen LogP contribution in [0.1, 0.15) is 49.4 Å². The highest BCUT2D eigenvalue weighted by atomic mass is 16.1. The molecule has 1 aromatic carbocycles. The van der Waals surface area contributed by atoms with Gasteiger partial charge in [-0.1, -0.05) is 32.6 Å². The molecule has 1 N–H and O–H groups in total. The zero-order valence-corrected chi connectivity index (χ0v) is 11.1. The summed E-state index contributed by atoms with van der Waals surface area (Å²) in [4.78, 5) is 15.6. The van der Waals surface area contributed by atoms with E-state index in [4.69, 9.17) is 0 Å². The highest BCUT2D eigenvalue weighted by molar-refractivity contribution is 5.94. The van der Waals surface area contributed by atoms with E-state index >= 15 is 0 Å². The quantitative estimate of drug-likeness (QED) is 0.551. The highest BCUT2D eigenvalue weighted by Crippen LogP contribution is 2.11. The number of amides is 1. The molecule has 0 saturated heterocycles. The molecule has 0 aliphatic heterocycles. The summed E-state index contributed by atoms with van der Waals surface area (Å²) in [6, 6.07) is 7.14. The van der Waals surface area contributed by atoms with Crippen LogP contribution in [-0.4, -0.2) is 19.2 Å². The van der Waals surface area contributed by atoms with E-state index in [0.717, 1.165) is 18.7 Å². The molecule has 0 radical (unpaired) electrons. The van der Waals surface area contributed by atoms with Gasteiger partial charge in [0.1, 0.15) is 0 Å². The number of carbonyl (C=O) groups is 1. The number of hydrogen-bond donors (Lipinski definition) is 1. The summed E-state index contributed by atoms with van der Waals surface area (Å²) in [6.07, 6.45) is 6.03. The molecule has 0 fully saturated rings. The SMILES string of the molecule is C=Nc1ccc(C(=O)NCCCCCCC)cc1. The van der Waals surface area contributed by atoms with E-state index in [-0.39, 0.29) is 5.91 Å². The molecule has 98 valence electrons. The second-order valence-electron chi connectivity index (χ2n) is 4.38. The van der Waals surface area contributed by atoms with Crippen LogP contribution in [0.25, 0.3) is 0 Å². The predicted octanol–water partition coefficient (Wildman–Crippen LogP) is 3.72. The molecule has 1 amide bonds.